The minimum atomic E-state index is 0.575. The van der Waals surface area contributed by atoms with Gasteiger partial charge in [0.1, 0.15) is 11.5 Å². The Kier molecular flexibility index (Phi) is 4.47. The van der Waals surface area contributed by atoms with E-state index in [4.69, 9.17) is 4.98 Å². The number of imidazole rings is 1. The number of thiophene rings is 1. The second kappa shape index (κ2) is 7.62. The van der Waals surface area contributed by atoms with Crippen LogP contribution in [0.15, 0.2) is 79.3 Å². The van der Waals surface area contributed by atoms with E-state index >= 15 is 0 Å². The van der Waals surface area contributed by atoms with Gasteiger partial charge in [0.25, 0.3) is 0 Å². The number of hydrogen-bond acceptors (Lipinski definition) is 5. The van der Waals surface area contributed by atoms with Crippen LogP contribution in [0.2, 0.25) is 0 Å². The lowest BCUT2D eigenvalue weighted by atomic mass is 10.2. The third-order valence-corrected chi connectivity index (χ3v) is 6.68. The predicted molar refractivity (Wildman–Crippen MR) is 130 cm³/mol. The number of aromatic amines is 1. The van der Waals surface area contributed by atoms with Crippen LogP contribution in [0.1, 0.15) is 11.4 Å². The molecule has 0 saturated carbocycles. The van der Waals surface area contributed by atoms with Crippen LogP contribution in [0.4, 0.5) is 11.6 Å². The average molecular weight is 437 g/mol. The van der Waals surface area contributed by atoms with Gasteiger partial charge >= 0.3 is 0 Å². The number of benzene rings is 2. The maximum absolute atomic E-state index is 4.88. The quantitative estimate of drug-likeness (QED) is 0.341. The maximum atomic E-state index is 4.88. The molecule has 0 saturated heterocycles. The molecule has 0 amide bonds. The summed E-state index contributed by atoms with van der Waals surface area (Å²) in [5, 5.41) is 5.62. The van der Waals surface area contributed by atoms with Crippen molar-refractivity contribution in [3.05, 3.63) is 90.6 Å². The van der Waals surface area contributed by atoms with E-state index in [1.165, 1.54) is 15.6 Å². The summed E-state index contributed by atoms with van der Waals surface area (Å²) in [4.78, 5) is 18.2. The number of nitrogens with zero attached hydrogens (tertiary/aromatic N) is 4. The molecule has 0 radical (unpaired) electrons. The molecule has 156 valence electrons. The molecule has 0 spiro atoms. The summed E-state index contributed by atoms with van der Waals surface area (Å²) in [5.74, 6) is 1.58. The Labute approximate surface area is 188 Å². The Morgan fingerprint density at radius 2 is 1.91 bits per heavy atom. The minimum Gasteiger partial charge on any atom is -0.346 e. The zero-order chi connectivity index (χ0) is 21.5. The van der Waals surface area contributed by atoms with Crippen LogP contribution >= 0.6 is 11.3 Å². The lowest BCUT2D eigenvalue weighted by Crippen LogP contribution is -2.02. The van der Waals surface area contributed by atoms with E-state index in [1.807, 2.05) is 31.6 Å². The van der Waals surface area contributed by atoms with E-state index in [0.717, 1.165) is 39.7 Å². The van der Waals surface area contributed by atoms with Crippen molar-refractivity contribution in [1.29, 1.82) is 0 Å². The fourth-order valence-corrected chi connectivity index (χ4v) is 4.94. The number of fused-ring (bicyclic) bond motifs is 2. The second-order valence-corrected chi connectivity index (χ2v) is 8.79. The molecule has 6 nitrogen and oxygen atoms in total. The Balaban J connectivity index is 1.32. The van der Waals surface area contributed by atoms with Crippen molar-refractivity contribution in [2.75, 3.05) is 5.32 Å². The van der Waals surface area contributed by atoms with Crippen molar-refractivity contribution in [3.63, 3.8) is 0 Å². The molecule has 6 aromatic rings. The Morgan fingerprint density at radius 3 is 2.72 bits per heavy atom. The van der Waals surface area contributed by atoms with Crippen molar-refractivity contribution in [1.82, 2.24) is 24.5 Å². The molecule has 0 unspecified atom stereocenters. The third-order valence-electron chi connectivity index (χ3n) is 5.56. The molecule has 0 aliphatic heterocycles. The molecule has 4 aromatic heterocycles. The van der Waals surface area contributed by atoms with Crippen LogP contribution in [0, 0.1) is 6.92 Å². The molecule has 0 bridgehead atoms. The van der Waals surface area contributed by atoms with Crippen LogP contribution in [-0.4, -0.2) is 24.5 Å². The van der Waals surface area contributed by atoms with Crippen LogP contribution in [0.25, 0.3) is 31.7 Å². The van der Waals surface area contributed by atoms with Crippen LogP contribution in [-0.2, 0) is 6.54 Å². The number of nitrogens with one attached hydrogen (secondary N) is 2. The van der Waals surface area contributed by atoms with Gasteiger partial charge in [-0.05, 0) is 48.2 Å². The molecule has 2 aromatic carbocycles. The van der Waals surface area contributed by atoms with Gasteiger partial charge in [-0.1, -0.05) is 30.3 Å². The molecule has 6 rings (SSSR count). The number of aryl methyl sites for hydroxylation is 1. The number of rotatable bonds is 5. The van der Waals surface area contributed by atoms with Gasteiger partial charge in [-0.3, -0.25) is 0 Å². The van der Waals surface area contributed by atoms with E-state index in [9.17, 15) is 0 Å². The summed E-state index contributed by atoms with van der Waals surface area (Å²) in [6.45, 7) is 2.81. The first-order valence-corrected chi connectivity index (χ1v) is 11.2. The van der Waals surface area contributed by atoms with Crippen LogP contribution < -0.4 is 5.32 Å². The molecule has 4 heterocycles. The second-order valence-electron chi connectivity index (χ2n) is 7.71. The molecule has 0 atom stereocenters. The topological polar surface area (TPSA) is 71.4 Å². The Bertz CT molecular complexity index is 1510. The van der Waals surface area contributed by atoms with Crippen LogP contribution in [0.3, 0.4) is 0 Å². The number of aromatic nitrogens is 5. The highest BCUT2D eigenvalue weighted by molar-refractivity contribution is 7.22. The zero-order valence-corrected chi connectivity index (χ0v) is 18.2. The summed E-state index contributed by atoms with van der Waals surface area (Å²) in [6.07, 6.45) is 5.73. The molecular formula is C25H20N6S. The summed E-state index contributed by atoms with van der Waals surface area (Å²) in [7, 11) is 0. The van der Waals surface area contributed by atoms with E-state index in [0.29, 0.717) is 5.95 Å². The summed E-state index contributed by atoms with van der Waals surface area (Å²) < 4.78 is 3.38. The fraction of sp³-hybridized carbons (Fsp3) is 0.0800. The average Bonchev–Trinajstić information content (AvgIpc) is 3.54. The molecule has 32 heavy (non-hydrogen) atoms. The molecule has 0 fully saturated rings. The largest absolute Gasteiger partial charge is 0.346 e. The number of anilines is 2. The zero-order valence-electron chi connectivity index (χ0n) is 17.4. The van der Waals surface area contributed by atoms with Crippen molar-refractivity contribution < 1.29 is 0 Å². The van der Waals surface area contributed by atoms with Crippen molar-refractivity contribution in [2.24, 2.45) is 0 Å². The molecule has 0 aliphatic rings. The third kappa shape index (κ3) is 3.42. The smallest absolute Gasteiger partial charge is 0.229 e. The normalized spacial score (nSPS) is 11.4. The summed E-state index contributed by atoms with van der Waals surface area (Å²) in [5.41, 5.74) is 3.92. The highest BCUT2D eigenvalue weighted by Crippen LogP contribution is 2.36. The molecular weight excluding hydrogens is 416 g/mol. The van der Waals surface area contributed by atoms with Gasteiger partial charge < -0.3 is 14.9 Å². The van der Waals surface area contributed by atoms with Gasteiger partial charge in [0.05, 0.1) is 10.6 Å². The van der Waals surface area contributed by atoms with E-state index < -0.39 is 0 Å². The van der Waals surface area contributed by atoms with Gasteiger partial charge in [0, 0.05) is 40.9 Å². The molecule has 0 aliphatic carbocycles. The van der Waals surface area contributed by atoms with E-state index in [2.05, 4.69) is 79.4 Å². The standard InChI is InChI=1S/C25H20N6S/c1-16-26-12-13-31(16)15-17-6-8-19(9-7-17)28-25-29-23(20-10-11-27-24(20)30-25)22-14-18-4-2-3-5-21(18)32-22/h2-14H,15H2,1H3,(H2,27,28,29,30). The van der Waals surface area contributed by atoms with E-state index in [1.54, 1.807) is 11.3 Å². The predicted octanol–water partition coefficient (Wildman–Crippen LogP) is 6.14. The van der Waals surface area contributed by atoms with Gasteiger partial charge in [0.2, 0.25) is 5.95 Å². The first kappa shape index (κ1) is 18.8. The molecule has 7 heteroatoms. The van der Waals surface area contributed by atoms with Crippen LogP contribution in [0.5, 0.6) is 0 Å². The highest BCUT2D eigenvalue weighted by Gasteiger charge is 2.14. The van der Waals surface area contributed by atoms with Crippen molar-refractivity contribution >= 4 is 44.1 Å². The minimum absolute atomic E-state index is 0.575. The monoisotopic (exact) mass is 436 g/mol. The van der Waals surface area contributed by atoms with Gasteiger partial charge in [-0.25, -0.2) is 9.97 Å². The highest BCUT2D eigenvalue weighted by atomic mass is 32.1. The Hall–Kier alpha value is -3.97. The Morgan fingerprint density at radius 1 is 1.03 bits per heavy atom. The van der Waals surface area contributed by atoms with Gasteiger partial charge in [-0.15, -0.1) is 11.3 Å². The number of hydrogen-bond donors (Lipinski definition) is 2. The van der Waals surface area contributed by atoms with Gasteiger partial charge in [-0.2, -0.15) is 4.98 Å². The summed E-state index contributed by atoms with van der Waals surface area (Å²) >= 11 is 1.75. The van der Waals surface area contributed by atoms with E-state index in [-0.39, 0.29) is 0 Å². The lowest BCUT2D eigenvalue weighted by Gasteiger charge is -2.09. The maximum Gasteiger partial charge on any atom is 0.229 e. The van der Waals surface area contributed by atoms with Gasteiger partial charge in [0.15, 0.2) is 0 Å². The number of H-pyrrole nitrogens is 1. The SMILES string of the molecule is Cc1nccn1Cc1ccc(Nc2nc(-c3cc4ccccc4s3)c3cc[nH]c3n2)cc1. The fourth-order valence-electron chi connectivity index (χ4n) is 3.87. The first-order chi connectivity index (χ1) is 15.7. The lowest BCUT2D eigenvalue weighted by molar-refractivity contribution is 0.762. The molecule has 2 N–H and O–H groups in total. The first-order valence-electron chi connectivity index (χ1n) is 10.4. The summed E-state index contributed by atoms with van der Waals surface area (Å²) in [6, 6.07) is 21.0. The van der Waals surface area contributed by atoms with Crippen molar-refractivity contribution in [2.45, 2.75) is 13.5 Å². The van der Waals surface area contributed by atoms with Crippen molar-refractivity contribution in [3.8, 4) is 10.6 Å².